The van der Waals surface area contributed by atoms with Crippen LogP contribution in [0.3, 0.4) is 0 Å². The van der Waals surface area contributed by atoms with Crippen molar-refractivity contribution in [2.45, 2.75) is 0 Å². The molecular weight excluding hydrogens is 450 g/mol. The summed E-state index contributed by atoms with van der Waals surface area (Å²) in [5.41, 5.74) is 7.71. The Balaban J connectivity index is 1.44. The summed E-state index contributed by atoms with van der Waals surface area (Å²) in [6.45, 7) is 2.26. The van der Waals surface area contributed by atoms with Crippen molar-refractivity contribution in [2.24, 2.45) is 0 Å². The number of carbonyl (C=O) groups excluding carboxylic acids is 1. The molecule has 0 spiro atoms. The van der Waals surface area contributed by atoms with Gasteiger partial charge in [0.2, 0.25) is 11.9 Å². The Hall–Kier alpha value is -4.21. The fourth-order valence-corrected chi connectivity index (χ4v) is 3.93. The summed E-state index contributed by atoms with van der Waals surface area (Å²) in [5.74, 6) is 3.28. The van der Waals surface area contributed by atoms with Crippen LogP contribution in [0.1, 0.15) is 5.56 Å². The van der Waals surface area contributed by atoms with Gasteiger partial charge in [-0.05, 0) is 29.8 Å². The SMILES string of the molecule is COc1cc(C=CC(=O)N2CCN(c3nc(N)c4cc(OC)c(OC)cc4n3)CC2)cc(OC)c1. The summed E-state index contributed by atoms with van der Waals surface area (Å²) >= 11 is 0. The molecule has 0 aliphatic carbocycles. The number of piperazine rings is 1. The number of nitrogens with two attached hydrogens (primary N) is 1. The van der Waals surface area contributed by atoms with E-state index in [0.29, 0.717) is 71.8 Å². The Labute approximate surface area is 203 Å². The minimum absolute atomic E-state index is 0.0674. The average Bonchev–Trinajstić information content (AvgIpc) is 2.90. The van der Waals surface area contributed by atoms with E-state index in [1.807, 2.05) is 17.0 Å². The summed E-state index contributed by atoms with van der Waals surface area (Å²) < 4.78 is 21.3. The van der Waals surface area contributed by atoms with Gasteiger partial charge < -0.3 is 34.5 Å². The molecule has 2 N–H and O–H groups in total. The summed E-state index contributed by atoms with van der Waals surface area (Å²) in [4.78, 5) is 25.7. The number of hydrogen-bond donors (Lipinski definition) is 1. The molecule has 184 valence electrons. The van der Waals surface area contributed by atoms with Crippen LogP contribution in [0.25, 0.3) is 17.0 Å². The molecule has 35 heavy (non-hydrogen) atoms. The normalized spacial score (nSPS) is 13.8. The van der Waals surface area contributed by atoms with E-state index in [-0.39, 0.29) is 5.91 Å². The smallest absolute Gasteiger partial charge is 0.246 e. The van der Waals surface area contributed by atoms with Gasteiger partial charge in [0.15, 0.2) is 11.5 Å². The molecule has 1 amide bonds. The third-order valence-electron chi connectivity index (χ3n) is 5.89. The molecule has 0 radical (unpaired) electrons. The third-order valence-corrected chi connectivity index (χ3v) is 5.89. The number of carbonyl (C=O) groups is 1. The van der Waals surface area contributed by atoms with E-state index in [1.54, 1.807) is 63.7 Å². The van der Waals surface area contributed by atoms with Crippen molar-refractivity contribution in [3.8, 4) is 23.0 Å². The first-order chi connectivity index (χ1) is 16.9. The minimum atomic E-state index is -0.0674. The number of aromatic nitrogens is 2. The van der Waals surface area contributed by atoms with Gasteiger partial charge in [-0.1, -0.05) is 0 Å². The highest BCUT2D eigenvalue weighted by atomic mass is 16.5. The predicted molar refractivity (Wildman–Crippen MR) is 134 cm³/mol. The van der Waals surface area contributed by atoms with Crippen molar-refractivity contribution >= 4 is 34.7 Å². The van der Waals surface area contributed by atoms with E-state index in [9.17, 15) is 4.79 Å². The number of benzene rings is 2. The van der Waals surface area contributed by atoms with E-state index in [1.165, 1.54) is 0 Å². The van der Waals surface area contributed by atoms with Crippen LogP contribution in [-0.4, -0.2) is 75.4 Å². The first-order valence-corrected chi connectivity index (χ1v) is 11.1. The monoisotopic (exact) mass is 479 g/mol. The summed E-state index contributed by atoms with van der Waals surface area (Å²) in [6.07, 6.45) is 3.32. The van der Waals surface area contributed by atoms with E-state index in [0.717, 1.165) is 5.56 Å². The molecule has 4 rings (SSSR count). The lowest BCUT2D eigenvalue weighted by Crippen LogP contribution is -2.48. The molecule has 1 aliphatic heterocycles. The molecule has 2 heterocycles. The van der Waals surface area contributed by atoms with Gasteiger partial charge in [0.25, 0.3) is 0 Å². The topological polar surface area (TPSA) is 112 Å². The quantitative estimate of drug-likeness (QED) is 0.511. The van der Waals surface area contributed by atoms with Crippen LogP contribution in [0.5, 0.6) is 23.0 Å². The van der Waals surface area contributed by atoms with Gasteiger partial charge >= 0.3 is 0 Å². The molecule has 3 aromatic rings. The fourth-order valence-electron chi connectivity index (χ4n) is 3.93. The Morgan fingerprint density at radius 3 is 2.09 bits per heavy atom. The van der Waals surface area contributed by atoms with Gasteiger partial charge in [0.05, 0.1) is 34.0 Å². The van der Waals surface area contributed by atoms with Crippen molar-refractivity contribution < 1.29 is 23.7 Å². The second-order valence-corrected chi connectivity index (χ2v) is 7.92. The number of nitrogens with zero attached hydrogens (tertiary/aromatic N) is 4. The first kappa shape index (κ1) is 23.9. The van der Waals surface area contributed by atoms with Crippen molar-refractivity contribution in [1.29, 1.82) is 0 Å². The lowest BCUT2D eigenvalue weighted by Gasteiger charge is -2.34. The lowest BCUT2D eigenvalue weighted by molar-refractivity contribution is -0.126. The molecule has 1 aromatic heterocycles. The maximum Gasteiger partial charge on any atom is 0.246 e. The Morgan fingerprint density at radius 2 is 1.49 bits per heavy atom. The molecule has 1 aliphatic rings. The Kier molecular flexibility index (Phi) is 7.09. The fraction of sp³-hybridized carbons (Fsp3) is 0.320. The van der Waals surface area contributed by atoms with E-state index >= 15 is 0 Å². The number of hydrogen-bond acceptors (Lipinski definition) is 9. The van der Waals surface area contributed by atoms with Crippen LogP contribution < -0.4 is 29.6 Å². The molecule has 0 bridgehead atoms. The molecular formula is C25H29N5O5. The molecule has 10 heteroatoms. The van der Waals surface area contributed by atoms with Crippen molar-refractivity contribution in [2.75, 3.05) is 65.3 Å². The largest absolute Gasteiger partial charge is 0.497 e. The van der Waals surface area contributed by atoms with Crippen LogP contribution in [0.4, 0.5) is 11.8 Å². The van der Waals surface area contributed by atoms with E-state index < -0.39 is 0 Å². The van der Waals surface area contributed by atoms with Gasteiger partial charge in [0.1, 0.15) is 17.3 Å². The van der Waals surface area contributed by atoms with Crippen molar-refractivity contribution in [1.82, 2.24) is 14.9 Å². The maximum atomic E-state index is 12.8. The second-order valence-electron chi connectivity index (χ2n) is 7.92. The number of ether oxygens (including phenoxy) is 4. The first-order valence-electron chi connectivity index (χ1n) is 11.1. The average molecular weight is 480 g/mol. The van der Waals surface area contributed by atoms with Crippen LogP contribution in [0.2, 0.25) is 0 Å². The zero-order valence-electron chi connectivity index (χ0n) is 20.3. The van der Waals surface area contributed by atoms with Crippen LogP contribution in [0, 0.1) is 0 Å². The van der Waals surface area contributed by atoms with Gasteiger partial charge in [-0.15, -0.1) is 0 Å². The van der Waals surface area contributed by atoms with Crippen LogP contribution in [-0.2, 0) is 4.79 Å². The van der Waals surface area contributed by atoms with E-state index in [2.05, 4.69) is 9.97 Å². The highest BCUT2D eigenvalue weighted by Gasteiger charge is 2.23. The zero-order chi connectivity index (χ0) is 24.9. The zero-order valence-corrected chi connectivity index (χ0v) is 20.3. The molecule has 0 saturated carbocycles. The lowest BCUT2D eigenvalue weighted by atomic mass is 10.2. The van der Waals surface area contributed by atoms with E-state index in [4.69, 9.17) is 24.7 Å². The molecule has 1 saturated heterocycles. The second kappa shape index (κ2) is 10.4. The summed E-state index contributed by atoms with van der Waals surface area (Å²) in [7, 11) is 6.32. The standard InChI is InChI=1S/C25H29N5O5/c1-32-17-11-16(12-18(13-17)33-2)5-6-23(31)29-7-9-30(10-8-29)25-27-20-15-22(35-4)21(34-3)14-19(20)24(26)28-25/h5-6,11-15H,7-10H2,1-4H3,(H2,26,27,28). The highest BCUT2D eigenvalue weighted by molar-refractivity contribution is 5.93. The Morgan fingerprint density at radius 1 is 0.857 bits per heavy atom. The molecule has 1 fully saturated rings. The number of methoxy groups -OCH3 is 4. The van der Waals surface area contributed by atoms with Gasteiger partial charge in [0, 0.05) is 49.8 Å². The molecule has 0 atom stereocenters. The van der Waals surface area contributed by atoms with Crippen molar-refractivity contribution in [3.63, 3.8) is 0 Å². The molecule has 10 nitrogen and oxygen atoms in total. The Bertz CT molecular complexity index is 1230. The number of rotatable bonds is 7. The summed E-state index contributed by atoms with van der Waals surface area (Å²) in [5, 5.41) is 0.694. The van der Waals surface area contributed by atoms with Crippen molar-refractivity contribution in [3.05, 3.63) is 42.0 Å². The predicted octanol–water partition coefficient (Wildman–Crippen LogP) is 2.61. The third kappa shape index (κ3) is 5.16. The maximum absolute atomic E-state index is 12.8. The minimum Gasteiger partial charge on any atom is -0.497 e. The van der Waals surface area contributed by atoms with Gasteiger partial charge in [-0.2, -0.15) is 4.98 Å². The summed E-state index contributed by atoms with van der Waals surface area (Å²) in [6, 6.07) is 9.03. The number of nitrogen functional groups attached to an aromatic ring is 1. The number of anilines is 2. The molecule has 0 unspecified atom stereocenters. The highest BCUT2D eigenvalue weighted by Crippen LogP contribution is 2.34. The number of fused-ring (bicyclic) bond motifs is 1. The number of amides is 1. The van der Waals surface area contributed by atoms with Gasteiger partial charge in [-0.3, -0.25) is 4.79 Å². The van der Waals surface area contributed by atoms with Crippen LogP contribution >= 0.6 is 0 Å². The van der Waals surface area contributed by atoms with Gasteiger partial charge in [-0.25, -0.2) is 4.98 Å². The van der Waals surface area contributed by atoms with Crippen LogP contribution in [0.15, 0.2) is 36.4 Å². The molecule has 2 aromatic carbocycles.